The van der Waals surface area contributed by atoms with E-state index in [2.05, 4.69) is 39.8 Å². The Balaban J connectivity index is 1.91. The van der Waals surface area contributed by atoms with Crippen LogP contribution in [0.15, 0.2) is 24.4 Å². The Hall–Kier alpha value is -1.24. The minimum atomic E-state index is 0.350. The summed E-state index contributed by atoms with van der Waals surface area (Å²) < 4.78 is 8.29. The monoisotopic (exact) mass is 369 g/mol. The predicted octanol–water partition coefficient (Wildman–Crippen LogP) is 2.81. The van der Waals surface area contributed by atoms with Gasteiger partial charge in [-0.25, -0.2) is 4.68 Å². The molecule has 3 rings (SSSR count). The molecule has 1 atom stereocenters. The number of nitrogens with zero attached hydrogens (tertiary/aromatic N) is 2. The van der Waals surface area contributed by atoms with Crippen LogP contribution in [0.25, 0.3) is 0 Å². The first-order valence-corrected chi connectivity index (χ1v) is 7.41. The van der Waals surface area contributed by atoms with Crippen LogP contribution in [0.2, 0.25) is 0 Å². The minimum Gasteiger partial charge on any atom is -0.497 e. The van der Waals surface area contributed by atoms with Gasteiger partial charge in [-0.3, -0.25) is 0 Å². The van der Waals surface area contributed by atoms with Crippen LogP contribution in [0, 0.1) is 3.57 Å². The lowest BCUT2D eigenvalue weighted by molar-refractivity contribution is 0.399. The van der Waals surface area contributed by atoms with Crippen LogP contribution in [0.4, 0.5) is 5.82 Å². The number of benzene rings is 1. The van der Waals surface area contributed by atoms with E-state index in [-0.39, 0.29) is 0 Å². The Kier molecular flexibility index (Phi) is 3.38. The SMILES string of the molecule is COc1ccc2c(c1)CC(n1ncc(I)c1N)CC2. The van der Waals surface area contributed by atoms with Gasteiger partial charge in [-0.2, -0.15) is 5.10 Å². The Morgan fingerprint density at radius 1 is 1.42 bits per heavy atom. The van der Waals surface area contributed by atoms with Gasteiger partial charge in [0.1, 0.15) is 11.6 Å². The topological polar surface area (TPSA) is 53.1 Å². The summed E-state index contributed by atoms with van der Waals surface area (Å²) in [4.78, 5) is 0. The fourth-order valence-electron chi connectivity index (χ4n) is 2.69. The Bertz CT molecular complexity index is 609. The van der Waals surface area contributed by atoms with Crippen molar-refractivity contribution in [3.63, 3.8) is 0 Å². The molecule has 0 fully saturated rings. The first-order valence-electron chi connectivity index (χ1n) is 6.33. The fourth-order valence-corrected chi connectivity index (χ4v) is 3.06. The number of halogens is 1. The van der Waals surface area contributed by atoms with Gasteiger partial charge in [0.25, 0.3) is 0 Å². The number of hydrogen-bond donors (Lipinski definition) is 1. The molecule has 0 aliphatic heterocycles. The van der Waals surface area contributed by atoms with Gasteiger partial charge in [0.2, 0.25) is 0 Å². The van der Waals surface area contributed by atoms with Gasteiger partial charge in [0.15, 0.2) is 0 Å². The maximum Gasteiger partial charge on any atom is 0.135 e. The van der Waals surface area contributed by atoms with Crippen molar-refractivity contribution in [1.29, 1.82) is 0 Å². The summed E-state index contributed by atoms with van der Waals surface area (Å²) in [6.45, 7) is 0. The van der Waals surface area contributed by atoms with Crippen LogP contribution in [0.1, 0.15) is 23.6 Å². The van der Waals surface area contributed by atoms with E-state index in [1.165, 1.54) is 11.1 Å². The summed E-state index contributed by atoms with van der Waals surface area (Å²) in [6, 6.07) is 6.68. The number of anilines is 1. The summed E-state index contributed by atoms with van der Waals surface area (Å²) >= 11 is 2.22. The second kappa shape index (κ2) is 5.03. The van der Waals surface area contributed by atoms with Gasteiger partial charge >= 0.3 is 0 Å². The molecule has 2 aromatic rings. The van der Waals surface area contributed by atoms with Gasteiger partial charge in [0.05, 0.1) is 22.9 Å². The first-order chi connectivity index (χ1) is 9.19. The van der Waals surface area contributed by atoms with Gasteiger partial charge < -0.3 is 10.5 Å². The number of fused-ring (bicyclic) bond motifs is 1. The third-order valence-electron chi connectivity index (χ3n) is 3.75. The van der Waals surface area contributed by atoms with Crippen molar-refractivity contribution in [3.8, 4) is 5.75 Å². The number of hydrogen-bond acceptors (Lipinski definition) is 3. The zero-order valence-corrected chi connectivity index (χ0v) is 12.9. The number of nitrogen functional groups attached to an aromatic ring is 1. The lowest BCUT2D eigenvalue weighted by Crippen LogP contribution is -2.21. The molecule has 0 radical (unpaired) electrons. The summed E-state index contributed by atoms with van der Waals surface area (Å²) in [6.07, 6.45) is 4.95. The molecule has 1 aliphatic rings. The number of aromatic nitrogens is 2. The van der Waals surface area contributed by atoms with Crippen molar-refractivity contribution < 1.29 is 4.74 Å². The average molecular weight is 369 g/mol. The molecular formula is C14H16IN3O. The van der Waals surface area contributed by atoms with Crippen LogP contribution in [-0.2, 0) is 12.8 Å². The molecule has 1 unspecified atom stereocenters. The van der Waals surface area contributed by atoms with Crippen molar-refractivity contribution in [2.75, 3.05) is 12.8 Å². The fraction of sp³-hybridized carbons (Fsp3) is 0.357. The zero-order chi connectivity index (χ0) is 13.4. The smallest absolute Gasteiger partial charge is 0.135 e. The number of rotatable bonds is 2. The minimum absolute atomic E-state index is 0.350. The highest BCUT2D eigenvalue weighted by atomic mass is 127. The molecule has 0 amide bonds. The highest BCUT2D eigenvalue weighted by molar-refractivity contribution is 14.1. The first kappa shape index (κ1) is 12.8. The van der Waals surface area contributed by atoms with Crippen molar-refractivity contribution in [2.24, 2.45) is 0 Å². The summed E-state index contributed by atoms with van der Waals surface area (Å²) in [5.41, 5.74) is 8.84. The van der Waals surface area contributed by atoms with E-state index in [1.54, 1.807) is 7.11 Å². The van der Waals surface area contributed by atoms with Gasteiger partial charge in [-0.1, -0.05) is 6.07 Å². The lowest BCUT2D eigenvalue weighted by atomic mass is 9.88. The average Bonchev–Trinajstić information content (AvgIpc) is 2.78. The Morgan fingerprint density at radius 3 is 2.95 bits per heavy atom. The molecule has 1 heterocycles. The molecule has 100 valence electrons. The summed E-state index contributed by atoms with van der Waals surface area (Å²) in [7, 11) is 1.70. The number of methoxy groups -OCH3 is 1. The van der Waals surface area contributed by atoms with E-state index in [0.29, 0.717) is 6.04 Å². The molecule has 0 saturated heterocycles. The van der Waals surface area contributed by atoms with Crippen LogP contribution in [0.5, 0.6) is 5.75 Å². The van der Waals surface area contributed by atoms with Crippen LogP contribution in [0.3, 0.4) is 0 Å². The van der Waals surface area contributed by atoms with Crippen molar-refractivity contribution in [3.05, 3.63) is 39.1 Å². The largest absolute Gasteiger partial charge is 0.497 e. The molecule has 2 N–H and O–H groups in total. The third kappa shape index (κ3) is 2.31. The van der Waals surface area contributed by atoms with Crippen LogP contribution in [-0.4, -0.2) is 16.9 Å². The Morgan fingerprint density at radius 2 is 2.26 bits per heavy atom. The van der Waals surface area contributed by atoms with Gasteiger partial charge in [-0.15, -0.1) is 0 Å². The second-order valence-electron chi connectivity index (χ2n) is 4.85. The van der Waals surface area contributed by atoms with Crippen molar-refractivity contribution in [1.82, 2.24) is 9.78 Å². The molecule has 5 heteroatoms. The molecule has 1 aromatic heterocycles. The highest BCUT2D eigenvalue weighted by Crippen LogP contribution is 2.32. The maximum atomic E-state index is 6.08. The van der Waals surface area contributed by atoms with Crippen LogP contribution < -0.4 is 10.5 Å². The normalized spacial score (nSPS) is 18.1. The van der Waals surface area contributed by atoms with E-state index in [9.17, 15) is 0 Å². The summed E-state index contributed by atoms with van der Waals surface area (Å²) in [5.74, 6) is 1.69. The molecule has 0 saturated carbocycles. The second-order valence-corrected chi connectivity index (χ2v) is 6.02. The molecule has 1 aliphatic carbocycles. The number of nitrogens with two attached hydrogens (primary N) is 1. The number of ether oxygens (including phenoxy) is 1. The standard InChI is InChI=1S/C14H16IN3O/c1-19-12-5-3-9-2-4-11(6-10(9)7-12)18-14(16)13(15)8-17-18/h3,5,7-8,11H,2,4,6,16H2,1H3. The molecule has 4 nitrogen and oxygen atoms in total. The quantitative estimate of drug-likeness (QED) is 0.829. The Labute approximate surface area is 126 Å². The van der Waals surface area contributed by atoms with E-state index < -0.39 is 0 Å². The summed E-state index contributed by atoms with van der Waals surface area (Å²) in [5, 5.41) is 4.41. The molecule has 19 heavy (non-hydrogen) atoms. The predicted molar refractivity (Wildman–Crippen MR) is 83.4 cm³/mol. The van der Waals surface area contributed by atoms with Crippen molar-refractivity contribution in [2.45, 2.75) is 25.3 Å². The third-order valence-corrected chi connectivity index (χ3v) is 4.58. The van der Waals surface area contributed by atoms with E-state index in [1.807, 2.05) is 16.9 Å². The number of aryl methyl sites for hydroxylation is 1. The lowest BCUT2D eigenvalue weighted by Gasteiger charge is -2.26. The van der Waals surface area contributed by atoms with Crippen LogP contribution >= 0.6 is 22.6 Å². The van der Waals surface area contributed by atoms with E-state index >= 15 is 0 Å². The molecule has 0 bridgehead atoms. The maximum absolute atomic E-state index is 6.08. The van der Waals surface area contributed by atoms with Crippen molar-refractivity contribution >= 4 is 28.4 Å². The van der Waals surface area contributed by atoms with E-state index in [0.717, 1.165) is 34.4 Å². The van der Waals surface area contributed by atoms with E-state index in [4.69, 9.17) is 10.5 Å². The molecule has 0 spiro atoms. The highest BCUT2D eigenvalue weighted by Gasteiger charge is 2.23. The van der Waals surface area contributed by atoms with Gasteiger partial charge in [-0.05, 0) is 65.1 Å². The molecular weight excluding hydrogens is 353 g/mol. The van der Waals surface area contributed by atoms with Gasteiger partial charge in [0, 0.05) is 0 Å². The molecule has 1 aromatic carbocycles. The zero-order valence-electron chi connectivity index (χ0n) is 10.8.